The normalized spacial score (nSPS) is 13.1. The number of nitrogens with one attached hydrogen (secondary N) is 2. The van der Waals surface area contributed by atoms with Gasteiger partial charge in [0.2, 0.25) is 11.7 Å². The number of aromatic nitrogens is 2. The average molecular weight is 601 g/mol. The van der Waals surface area contributed by atoms with Crippen LogP contribution in [0.15, 0.2) is 40.2 Å². The van der Waals surface area contributed by atoms with E-state index in [0.29, 0.717) is 34.4 Å². The number of amides is 1. The number of nitrogens with two attached hydrogens (primary N) is 1. The third-order valence-corrected chi connectivity index (χ3v) is 8.30. The van der Waals surface area contributed by atoms with Gasteiger partial charge in [-0.05, 0) is 89.3 Å². The summed E-state index contributed by atoms with van der Waals surface area (Å²) in [6.07, 6.45) is -0.255. The van der Waals surface area contributed by atoms with Crippen molar-refractivity contribution >= 4 is 38.9 Å². The van der Waals surface area contributed by atoms with Crippen molar-refractivity contribution in [3.63, 3.8) is 0 Å². The molecule has 12 nitrogen and oxygen atoms in total. The highest BCUT2D eigenvalue weighted by molar-refractivity contribution is 7.90. The van der Waals surface area contributed by atoms with Gasteiger partial charge in [-0.3, -0.25) is 9.79 Å². The van der Waals surface area contributed by atoms with E-state index in [1.165, 1.54) is 7.11 Å². The molecule has 1 heterocycles. The van der Waals surface area contributed by atoms with Crippen LogP contribution in [-0.2, 0) is 21.8 Å². The van der Waals surface area contributed by atoms with Crippen molar-refractivity contribution in [1.29, 1.82) is 0 Å². The monoisotopic (exact) mass is 600 g/mol. The molecule has 0 fully saturated rings. The molecule has 13 heteroatoms. The van der Waals surface area contributed by atoms with Crippen molar-refractivity contribution in [2.45, 2.75) is 70.9 Å². The van der Waals surface area contributed by atoms with Crippen LogP contribution in [0.4, 0.5) is 4.79 Å². The van der Waals surface area contributed by atoms with Gasteiger partial charge in [-0.15, -0.1) is 0 Å². The van der Waals surface area contributed by atoms with Gasteiger partial charge in [0, 0.05) is 13.6 Å². The Labute approximate surface area is 246 Å². The van der Waals surface area contributed by atoms with Gasteiger partial charge in [-0.1, -0.05) is 12.1 Å². The summed E-state index contributed by atoms with van der Waals surface area (Å²) in [4.78, 5) is 34.8. The lowest BCUT2D eigenvalue weighted by atomic mass is 10.1. The fourth-order valence-electron chi connectivity index (χ4n) is 4.60. The van der Waals surface area contributed by atoms with Crippen LogP contribution < -0.4 is 20.5 Å². The molecule has 4 N–H and O–H groups in total. The molecule has 0 bridgehead atoms. The molecule has 0 spiro atoms. The van der Waals surface area contributed by atoms with Gasteiger partial charge in [-0.2, -0.15) is 0 Å². The molecular formula is C29H40N6O6S. The van der Waals surface area contributed by atoms with E-state index < -0.39 is 33.5 Å². The summed E-state index contributed by atoms with van der Waals surface area (Å²) in [5.74, 6) is 0.0977. The quantitative estimate of drug-likeness (QED) is 0.137. The number of Topliss-reactive ketones (excluding diaryl/α,β-unsaturated/α-hetero) is 1. The summed E-state index contributed by atoms with van der Waals surface area (Å²) in [5.41, 5.74) is 8.36. The molecule has 0 saturated heterocycles. The van der Waals surface area contributed by atoms with Crippen molar-refractivity contribution in [2.24, 2.45) is 17.8 Å². The zero-order chi connectivity index (χ0) is 31.4. The Bertz CT molecular complexity index is 1620. The number of aliphatic imine (C=N–C) groups is 1. The first-order chi connectivity index (χ1) is 19.6. The zero-order valence-electron chi connectivity index (χ0n) is 25.4. The van der Waals surface area contributed by atoms with Crippen molar-refractivity contribution in [3.8, 4) is 5.75 Å². The number of ketones is 1. The molecule has 1 amide bonds. The molecule has 0 aliphatic carbocycles. The number of benzene rings is 2. The number of ether oxygens (including phenoxy) is 2. The molecule has 3 rings (SSSR count). The van der Waals surface area contributed by atoms with Crippen molar-refractivity contribution in [3.05, 3.63) is 52.8 Å². The third kappa shape index (κ3) is 7.58. The Kier molecular flexibility index (Phi) is 9.87. The van der Waals surface area contributed by atoms with Gasteiger partial charge in [-0.25, -0.2) is 22.9 Å². The number of aryl methyl sites for hydroxylation is 2. The van der Waals surface area contributed by atoms with Gasteiger partial charge < -0.3 is 25.1 Å². The second-order valence-corrected chi connectivity index (χ2v) is 12.7. The van der Waals surface area contributed by atoms with Crippen LogP contribution in [0.5, 0.6) is 5.75 Å². The molecule has 1 aromatic heterocycles. The number of hydrogen-bond acceptors (Lipinski definition) is 8. The third-order valence-electron chi connectivity index (χ3n) is 6.65. The average Bonchev–Trinajstić information content (AvgIpc) is 3.22. The number of methoxy groups -OCH3 is 1. The Morgan fingerprint density at radius 2 is 1.81 bits per heavy atom. The van der Waals surface area contributed by atoms with Gasteiger partial charge >= 0.3 is 6.09 Å². The number of fused-ring (bicyclic) bond motifs is 1. The van der Waals surface area contributed by atoms with Gasteiger partial charge in [0.15, 0.2) is 5.82 Å². The van der Waals surface area contributed by atoms with Crippen LogP contribution in [-0.4, -0.2) is 61.1 Å². The summed E-state index contributed by atoms with van der Waals surface area (Å²) >= 11 is 0. The standard InChI is InChI=1S/C29H40N6O6S/c1-17-16-23(40-8)18(2)19(3)25(17)42(38,39)34-27(30)31-15-11-13-21(33-28(37)41-29(4,5)6)24(36)26-32-20-12-9-10-14-22(20)35(26)7/h9-10,12,14,16,21H,11,13,15H2,1-8H3,(H,33,37)(H3,30,31,34)/t21-/m0/s1. The first-order valence-corrected chi connectivity index (χ1v) is 15.0. The predicted octanol–water partition coefficient (Wildman–Crippen LogP) is 3.66. The van der Waals surface area contributed by atoms with E-state index in [4.69, 9.17) is 15.2 Å². The molecule has 0 aliphatic heterocycles. The number of sulfonamides is 1. The fourth-order valence-corrected chi connectivity index (χ4v) is 6.08. The Morgan fingerprint density at radius 3 is 2.43 bits per heavy atom. The van der Waals surface area contributed by atoms with Crippen LogP contribution in [0.3, 0.4) is 0 Å². The van der Waals surface area contributed by atoms with Crippen LogP contribution in [0, 0.1) is 20.8 Å². The molecule has 1 atom stereocenters. The van der Waals surface area contributed by atoms with Crippen LogP contribution >= 0.6 is 0 Å². The molecular weight excluding hydrogens is 560 g/mol. The lowest BCUT2D eigenvalue weighted by molar-refractivity contribution is 0.0487. The minimum Gasteiger partial charge on any atom is -0.496 e. The van der Waals surface area contributed by atoms with Gasteiger partial charge in [0.05, 0.1) is 29.1 Å². The second kappa shape index (κ2) is 12.8. The van der Waals surface area contributed by atoms with E-state index in [1.807, 2.05) is 18.2 Å². The number of nitrogens with zero attached hydrogens (tertiary/aromatic N) is 3. The van der Waals surface area contributed by atoms with Crippen LogP contribution in [0.2, 0.25) is 0 Å². The van der Waals surface area contributed by atoms with E-state index in [2.05, 4.69) is 20.0 Å². The van der Waals surface area contributed by atoms with Gasteiger partial charge in [0.1, 0.15) is 11.4 Å². The Morgan fingerprint density at radius 1 is 1.14 bits per heavy atom. The second-order valence-electron chi connectivity index (χ2n) is 11.0. The maximum Gasteiger partial charge on any atom is 0.408 e. The number of para-hydroxylation sites is 2. The SMILES string of the molecule is COc1cc(C)c(S(=O)(=O)NC(N)=NCCC[C@H](NC(=O)OC(C)(C)C)C(=O)c2nc3ccccc3n2C)c(C)c1C. The van der Waals surface area contributed by atoms with E-state index in [-0.39, 0.29) is 29.6 Å². The van der Waals surface area contributed by atoms with E-state index >= 15 is 0 Å². The molecule has 3 aromatic rings. The largest absolute Gasteiger partial charge is 0.496 e. The van der Waals surface area contributed by atoms with Crippen LogP contribution in [0.25, 0.3) is 11.0 Å². The Hall–Kier alpha value is -4.13. The molecule has 0 aliphatic rings. The summed E-state index contributed by atoms with van der Waals surface area (Å²) in [6.45, 7) is 10.4. The highest BCUT2D eigenvalue weighted by atomic mass is 32.2. The minimum absolute atomic E-state index is 0.0935. The van der Waals surface area contributed by atoms with E-state index in [9.17, 15) is 18.0 Å². The molecule has 228 valence electrons. The molecule has 0 radical (unpaired) electrons. The Balaban J connectivity index is 1.75. The summed E-state index contributed by atoms with van der Waals surface area (Å²) in [6, 6.07) is 8.03. The molecule has 2 aromatic carbocycles. The van der Waals surface area contributed by atoms with Crippen molar-refractivity contribution in [1.82, 2.24) is 19.6 Å². The number of carbonyl (C=O) groups is 2. The maximum atomic E-state index is 13.5. The number of carbonyl (C=O) groups excluding carboxylic acids is 2. The van der Waals surface area contributed by atoms with Crippen molar-refractivity contribution in [2.75, 3.05) is 13.7 Å². The number of imidazole rings is 1. The zero-order valence-corrected chi connectivity index (χ0v) is 26.2. The molecule has 0 unspecified atom stereocenters. The topological polar surface area (TPSA) is 167 Å². The number of rotatable bonds is 10. The summed E-state index contributed by atoms with van der Waals surface area (Å²) in [7, 11) is -0.762. The summed E-state index contributed by atoms with van der Waals surface area (Å²) < 4.78 is 41.0. The first-order valence-electron chi connectivity index (χ1n) is 13.5. The predicted molar refractivity (Wildman–Crippen MR) is 161 cm³/mol. The van der Waals surface area contributed by atoms with E-state index in [0.717, 1.165) is 5.52 Å². The van der Waals surface area contributed by atoms with Crippen LogP contribution in [0.1, 0.15) is 60.9 Å². The fraction of sp³-hybridized carbons (Fsp3) is 0.448. The number of alkyl carbamates (subject to hydrolysis) is 1. The number of hydrogen-bond donors (Lipinski definition) is 3. The first kappa shape index (κ1) is 32.4. The lowest BCUT2D eigenvalue weighted by Gasteiger charge is -2.23. The molecule has 0 saturated carbocycles. The highest BCUT2D eigenvalue weighted by Gasteiger charge is 2.28. The summed E-state index contributed by atoms with van der Waals surface area (Å²) in [5, 5.41) is 2.65. The highest BCUT2D eigenvalue weighted by Crippen LogP contribution is 2.30. The van der Waals surface area contributed by atoms with E-state index in [1.54, 1.807) is 65.3 Å². The van der Waals surface area contributed by atoms with Crippen molar-refractivity contribution < 1.29 is 27.5 Å². The smallest absolute Gasteiger partial charge is 0.408 e. The lowest BCUT2D eigenvalue weighted by Crippen LogP contribution is -2.44. The maximum absolute atomic E-state index is 13.5. The minimum atomic E-state index is -4.02. The number of guanidine groups is 1. The molecule has 42 heavy (non-hydrogen) atoms. The van der Waals surface area contributed by atoms with Gasteiger partial charge in [0.25, 0.3) is 10.0 Å².